The van der Waals surface area contributed by atoms with Gasteiger partial charge in [0.15, 0.2) is 0 Å². The van der Waals surface area contributed by atoms with Crippen LogP contribution in [0.25, 0.3) is 5.69 Å². The number of hydrogen-bond acceptors (Lipinski definition) is 5. The Kier molecular flexibility index (Phi) is 5.90. The van der Waals surface area contributed by atoms with Gasteiger partial charge >= 0.3 is 0 Å². The Balaban J connectivity index is 1.43. The summed E-state index contributed by atoms with van der Waals surface area (Å²) >= 11 is 0. The van der Waals surface area contributed by atoms with Crippen LogP contribution in [0.1, 0.15) is 23.6 Å². The van der Waals surface area contributed by atoms with Crippen LogP contribution in [0.2, 0.25) is 0 Å². The van der Waals surface area contributed by atoms with Crippen molar-refractivity contribution in [2.24, 2.45) is 0 Å². The number of rotatable bonds is 7. The van der Waals surface area contributed by atoms with Gasteiger partial charge in [0.25, 0.3) is 0 Å². The predicted octanol–water partition coefficient (Wildman–Crippen LogP) is 2.84. The van der Waals surface area contributed by atoms with Crippen LogP contribution in [-0.4, -0.2) is 56.7 Å². The molecule has 4 rings (SSSR count). The summed E-state index contributed by atoms with van der Waals surface area (Å²) in [6, 6.07) is 12.7. The minimum atomic E-state index is 0.207. The fourth-order valence-corrected chi connectivity index (χ4v) is 4.02. The molecule has 0 saturated carbocycles. The van der Waals surface area contributed by atoms with Crippen LogP contribution in [0.15, 0.2) is 59.4 Å². The molecule has 0 radical (unpaired) electrons. The van der Waals surface area contributed by atoms with Crippen molar-refractivity contribution in [3.8, 4) is 5.69 Å². The standard InChI is InChI=1S/C22H28N4O2/c1-18-6-7-22(28-18)17-25-12-11-24(15-20(25)8-13-27)16-21-5-3-10-26(21)19-4-2-9-23-14-19/h2-7,9-10,14,20,27H,8,11-13,15-17H2,1H3/t20-/m1/s1. The number of furan rings is 1. The first-order valence-electron chi connectivity index (χ1n) is 9.92. The molecule has 1 saturated heterocycles. The molecular weight excluding hydrogens is 352 g/mol. The molecule has 28 heavy (non-hydrogen) atoms. The third-order valence-electron chi connectivity index (χ3n) is 5.45. The summed E-state index contributed by atoms with van der Waals surface area (Å²) in [6.45, 7) is 6.79. The van der Waals surface area contributed by atoms with Crippen molar-refractivity contribution in [2.75, 3.05) is 26.2 Å². The normalized spacial score (nSPS) is 18.6. The first-order chi connectivity index (χ1) is 13.7. The molecule has 1 atom stereocenters. The number of pyridine rings is 1. The fourth-order valence-electron chi connectivity index (χ4n) is 4.02. The van der Waals surface area contributed by atoms with Gasteiger partial charge in [0.05, 0.1) is 18.4 Å². The van der Waals surface area contributed by atoms with Gasteiger partial charge in [-0.15, -0.1) is 0 Å². The second kappa shape index (κ2) is 8.73. The zero-order valence-electron chi connectivity index (χ0n) is 16.4. The molecule has 1 fully saturated rings. The molecule has 0 spiro atoms. The van der Waals surface area contributed by atoms with E-state index in [2.05, 4.69) is 49.8 Å². The maximum Gasteiger partial charge on any atom is 0.118 e. The molecule has 0 aliphatic carbocycles. The highest BCUT2D eigenvalue weighted by Gasteiger charge is 2.27. The number of aromatic nitrogens is 2. The highest BCUT2D eigenvalue weighted by Crippen LogP contribution is 2.20. The fraction of sp³-hybridized carbons (Fsp3) is 0.409. The molecule has 148 valence electrons. The zero-order valence-corrected chi connectivity index (χ0v) is 16.4. The molecule has 4 heterocycles. The number of aliphatic hydroxyl groups excluding tert-OH is 1. The monoisotopic (exact) mass is 380 g/mol. The highest BCUT2D eigenvalue weighted by molar-refractivity contribution is 5.32. The van der Waals surface area contributed by atoms with E-state index in [1.54, 1.807) is 6.20 Å². The average molecular weight is 380 g/mol. The summed E-state index contributed by atoms with van der Waals surface area (Å²) in [6.07, 6.45) is 6.56. The van der Waals surface area contributed by atoms with E-state index in [1.807, 2.05) is 25.3 Å². The summed E-state index contributed by atoms with van der Waals surface area (Å²) < 4.78 is 7.96. The van der Waals surface area contributed by atoms with Crippen molar-refractivity contribution in [2.45, 2.75) is 32.5 Å². The van der Waals surface area contributed by atoms with Crippen molar-refractivity contribution in [1.29, 1.82) is 0 Å². The van der Waals surface area contributed by atoms with E-state index in [4.69, 9.17) is 4.42 Å². The highest BCUT2D eigenvalue weighted by atomic mass is 16.3. The zero-order chi connectivity index (χ0) is 19.3. The van der Waals surface area contributed by atoms with Gasteiger partial charge in [-0.2, -0.15) is 0 Å². The Morgan fingerprint density at radius 1 is 1.14 bits per heavy atom. The summed E-state index contributed by atoms with van der Waals surface area (Å²) in [5.74, 6) is 1.95. The summed E-state index contributed by atoms with van der Waals surface area (Å²) in [5.41, 5.74) is 2.34. The van der Waals surface area contributed by atoms with Gasteiger partial charge in [-0.25, -0.2) is 0 Å². The molecule has 0 aromatic carbocycles. The predicted molar refractivity (Wildman–Crippen MR) is 108 cm³/mol. The molecule has 1 N–H and O–H groups in total. The largest absolute Gasteiger partial charge is 0.465 e. The van der Waals surface area contributed by atoms with Crippen LogP contribution in [0.5, 0.6) is 0 Å². The van der Waals surface area contributed by atoms with Gasteiger partial charge in [0.2, 0.25) is 0 Å². The van der Waals surface area contributed by atoms with Crippen LogP contribution in [0, 0.1) is 6.92 Å². The second-order valence-corrected chi connectivity index (χ2v) is 7.46. The quantitative estimate of drug-likeness (QED) is 0.683. The van der Waals surface area contributed by atoms with Crippen molar-refractivity contribution < 1.29 is 9.52 Å². The Bertz CT molecular complexity index is 874. The second-order valence-electron chi connectivity index (χ2n) is 7.46. The van der Waals surface area contributed by atoms with Gasteiger partial charge < -0.3 is 14.1 Å². The van der Waals surface area contributed by atoms with Crippen molar-refractivity contribution in [1.82, 2.24) is 19.4 Å². The van der Waals surface area contributed by atoms with Gasteiger partial charge in [0, 0.05) is 56.9 Å². The number of hydrogen-bond donors (Lipinski definition) is 1. The molecule has 0 bridgehead atoms. The lowest BCUT2D eigenvalue weighted by Crippen LogP contribution is -2.52. The van der Waals surface area contributed by atoms with Gasteiger partial charge in [-0.3, -0.25) is 14.8 Å². The molecule has 6 nitrogen and oxygen atoms in total. The number of piperazine rings is 1. The summed E-state index contributed by atoms with van der Waals surface area (Å²) in [7, 11) is 0. The van der Waals surface area contributed by atoms with E-state index in [0.29, 0.717) is 6.04 Å². The van der Waals surface area contributed by atoms with Crippen LogP contribution in [-0.2, 0) is 13.1 Å². The van der Waals surface area contributed by atoms with E-state index >= 15 is 0 Å². The Morgan fingerprint density at radius 3 is 2.82 bits per heavy atom. The van der Waals surface area contributed by atoms with E-state index in [9.17, 15) is 5.11 Å². The van der Waals surface area contributed by atoms with Gasteiger partial charge in [0.1, 0.15) is 11.5 Å². The third-order valence-corrected chi connectivity index (χ3v) is 5.45. The molecule has 1 aliphatic heterocycles. The minimum Gasteiger partial charge on any atom is -0.465 e. The number of aryl methyl sites for hydroxylation is 1. The maximum atomic E-state index is 9.56. The van der Waals surface area contributed by atoms with E-state index < -0.39 is 0 Å². The summed E-state index contributed by atoms with van der Waals surface area (Å²) in [4.78, 5) is 9.15. The van der Waals surface area contributed by atoms with Gasteiger partial charge in [-0.1, -0.05) is 0 Å². The molecule has 0 unspecified atom stereocenters. The lowest BCUT2D eigenvalue weighted by atomic mass is 10.1. The molecule has 6 heteroatoms. The Morgan fingerprint density at radius 2 is 2.07 bits per heavy atom. The molecule has 0 amide bonds. The SMILES string of the molecule is Cc1ccc(CN2CCN(Cc3cccn3-c3cccnc3)C[C@H]2CCO)o1. The Hall–Kier alpha value is -2.41. The van der Waals surface area contributed by atoms with Crippen LogP contribution < -0.4 is 0 Å². The van der Waals surface area contributed by atoms with Crippen LogP contribution in [0.3, 0.4) is 0 Å². The topological polar surface area (TPSA) is 57.7 Å². The van der Waals surface area contributed by atoms with Crippen molar-refractivity contribution >= 4 is 0 Å². The maximum absolute atomic E-state index is 9.56. The molecule has 1 aliphatic rings. The van der Waals surface area contributed by atoms with E-state index in [-0.39, 0.29) is 6.61 Å². The average Bonchev–Trinajstić information content (AvgIpc) is 3.33. The lowest BCUT2D eigenvalue weighted by molar-refractivity contribution is 0.0447. The number of nitrogens with zero attached hydrogens (tertiary/aromatic N) is 4. The van der Waals surface area contributed by atoms with E-state index in [0.717, 1.165) is 56.4 Å². The minimum absolute atomic E-state index is 0.207. The van der Waals surface area contributed by atoms with Crippen LogP contribution in [0.4, 0.5) is 0 Å². The summed E-state index contributed by atoms with van der Waals surface area (Å²) in [5, 5.41) is 9.56. The smallest absolute Gasteiger partial charge is 0.118 e. The van der Waals surface area contributed by atoms with Crippen molar-refractivity contribution in [3.63, 3.8) is 0 Å². The molecule has 3 aromatic rings. The third kappa shape index (κ3) is 4.35. The van der Waals surface area contributed by atoms with Crippen molar-refractivity contribution in [3.05, 3.63) is 72.2 Å². The number of aliphatic hydroxyl groups is 1. The first-order valence-corrected chi connectivity index (χ1v) is 9.92. The molecular formula is C22H28N4O2. The lowest BCUT2D eigenvalue weighted by Gasteiger charge is -2.41. The first kappa shape index (κ1) is 18.9. The Labute approximate surface area is 166 Å². The van der Waals surface area contributed by atoms with Crippen LogP contribution >= 0.6 is 0 Å². The van der Waals surface area contributed by atoms with Gasteiger partial charge in [-0.05, 0) is 49.7 Å². The molecule has 3 aromatic heterocycles. The van der Waals surface area contributed by atoms with E-state index in [1.165, 1.54) is 5.69 Å².